The number of hydrogen-bond acceptors (Lipinski definition) is 5. The average Bonchev–Trinajstić information content (AvgIpc) is 3.12. The van der Waals surface area contributed by atoms with Gasteiger partial charge in [-0.1, -0.05) is 43.6 Å². The van der Waals surface area contributed by atoms with Gasteiger partial charge in [0.1, 0.15) is 11.4 Å². The van der Waals surface area contributed by atoms with Gasteiger partial charge in [-0.05, 0) is 82.6 Å². The van der Waals surface area contributed by atoms with Gasteiger partial charge in [0, 0.05) is 24.9 Å². The highest BCUT2D eigenvalue weighted by Gasteiger charge is 2.27. The highest BCUT2D eigenvalue weighted by molar-refractivity contribution is 6.31. The molecule has 3 rings (SSSR count). The molecule has 2 aromatic carbocycles. The number of para-hydroxylation sites is 1. The second-order valence-corrected chi connectivity index (χ2v) is 11.5. The molecule has 0 fully saturated rings. The topological polar surface area (TPSA) is 85.6 Å². The zero-order chi connectivity index (χ0) is 29.4. The Morgan fingerprint density at radius 2 is 1.80 bits per heavy atom. The lowest BCUT2D eigenvalue weighted by Gasteiger charge is -2.23. The number of benzene rings is 2. The number of ether oxygens (including phenoxy) is 1. The fraction of sp³-hybridized carbons (Fsp3) is 0.452. The standard InChI is InChI=1S/C31H41ClN4O4/c1-7-40-27-16-15-22(32)20-24(27)26(37)17-18-31(2,3)21-28(38)33-29-25(14-11-19-34(4)5)35(6)36(30(29)39)23-12-9-8-10-13-23/h8-10,12-13,15-16,20H,7,11,14,17-19,21H2,1-6H3,(H,33,38). The number of aromatic nitrogens is 2. The molecule has 1 N–H and O–H groups in total. The van der Waals surface area contributed by atoms with Gasteiger partial charge >= 0.3 is 0 Å². The number of halogens is 1. The molecule has 0 spiro atoms. The van der Waals surface area contributed by atoms with Gasteiger partial charge in [-0.25, -0.2) is 4.68 Å². The Hall–Kier alpha value is -3.36. The van der Waals surface area contributed by atoms with Crippen molar-refractivity contribution in [3.8, 4) is 11.4 Å². The van der Waals surface area contributed by atoms with Gasteiger partial charge in [-0.2, -0.15) is 0 Å². The number of carbonyl (C=O) groups is 2. The molecular formula is C31H41ClN4O4. The van der Waals surface area contributed by atoms with Gasteiger partial charge in [0.25, 0.3) is 5.56 Å². The van der Waals surface area contributed by atoms with E-state index < -0.39 is 5.41 Å². The third-order valence-corrected chi connectivity index (χ3v) is 7.11. The van der Waals surface area contributed by atoms with Crippen LogP contribution in [0.15, 0.2) is 53.3 Å². The molecule has 0 atom stereocenters. The summed E-state index contributed by atoms with van der Waals surface area (Å²) in [6.07, 6.45) is 2.35. The van der Waals surface area contributed by atoms with E-state index in [0.717, 1.165) is 24.3 Å². The predicted octanol–water partition coefficient (Wildman–Crippen LogP) is 5.74. The molecule has 9 heteroatoms. The Morgan fingerprint density at radius 3 is 2.45 bits per heavy atom. The molecule has 1 aromatic heterocycles. The van der Waals surface area contributed by atoms with Crippen molar-refractivity contribution in [2.24, 2.45) is 12.5 Å². The summed E-state index contributed by atoms with van der Waals surface area (Å²) in [5, 5.41) is 3.40. The third kappa shape index (κ3) is 8.08. The van der Waals surface area contributed by atoms with E-state index in [2.05, 4.69) is 10.2 Å². The van der Waals surface area contributed by atoms with E-state index >= 15 is 0 Å². The second kappa shape index (κ2) is 13.8. The maximum atomic E-state index is 13.5. The zero-order valence-electron chi connectivity index (χ0n) is 24.4. The summed E-state index contributed by atoms with van der Waals surface area (Å²) < 4.78 is 9.02. The van der Waals surface area contributed by atoms with Crippen molar-refractivity contribution in [2.75, 3.05) is 32.6 Å². The van der Waals surface area contributed by atoms with Crippen LogP contribution in [0.3, 0.4) is 0 Å². The largest absolute Gasteiger partial charge is 0.493 e. The maximum Gasteiger partial charge on any atom is 0.295 e. The molecule has 1 amide bonds. The van der Waals surface area contributed by atoms with Crippen molar-refractivity contribution in [2.45, 2.75) is 52.9 Å². The first kappa shape index (κ1) is 31.2. The van der Waals surface area contributed by atoms with Crippen LogP contribution in [0, 0.1) is 5.41 Å². The summed E-state index contributed by atoms with van der Waals surface area (Å²) >= 11 is 6.13. The lowest BCUT2D eigenvalue weighted by molar-refractivity contribution is -0.118. The molecule has 0 bridgehead atoms. The summed E-state index contributed by atoms with van der Waals surface area (Å²) in [5.74, 6) is 0.163. The SMILES string of the molecule is CCOc1ccc(Cl)cc1C(=O)CCC(C)(C)CC(=O)Nc1c(CCCN(C)C)n(C)n(-c2ccccc2)c1=O. The molecule has 0 saturated heterocycles. The molecule has 0 aliphatic carbocycles. The van der Waals surface area contributed by atoms with Crippen LogP contribution in [0.5, 0.6) is 5.75 Å². The predicted molar refractivity (Wildman–Crippen MR) is 161 cm³/mol. The number of anilines is 1. The summed E-state index contributed by atoms with van der Waals surface area (Å²) in [7, 11) is 5.86. The Labute approximate surface area is 241 Å². The van der Waals surface area contributed by atoms with Gasteiger partial charge in [0.2, 0.25) is 5.91 Å². The first-order chi connectivity index (χ1) is 18.9. The molecule has 40 heavy (non-hydrogen) atoms. The van der Waals surface area contributed by atoms with Crippen LogP contribution >= 0.6 is 11.6 Å². The minimum Gasteiger partial charge on any atom is -0.493 e. The molecule has 216 valence electrons. The van der Waals surface area contributed by atoms with Gasteiger partial charge in [-0.15, -0.1) is 0 Å². The summed E-state index contributed by atoms with van der Waals surface area (Å²) in [5.41, 5.74) is 1.52. The van der Waals surface area contributed by atoms with Crippen LogP contribution in [0.4, 0.5) is 5.69 Å². The van der Waals surface area contributed by atoms with Crippen molar-refractivity contribution in [1.29, 1.82) is 0 Å². The normalized spacial score (nSPS) is 11.6. The van der Waals surface area contributed by atoms with E-state index in [0.29, 0.717) is 41.5 Å². The maximum absolute atomic E-state index is 13.5. The smallest absolute Gasteiger partial charge is 0.295 e. The number of rotatable bonds is 14. The Morgan fingerprint density at radius 1 is 1.10 bits per heavy atom. The summed E-state index contributed by atoms with van der Waals surface area (Å²) in [6, 6.07) is 14.4. The Balaban J connectivity index is 1.76. The molecule has 0 aliphatic heterocycles. The first-order valence-corrected chi connectivity index (χ1v) is 14.1. The van der Waals surface area contributed by atoms with Gasteiger partial charge in [0.15, 0.2) is 5.78 Å². The van der Waals surface area contributed by atoms with Crippen molar-refractivity contribution in [1.82, 2.24) is 14.3 Å². The van der Waals surface area contributed by atoms with Gasteiger partial charge < -0.3 is 15.0 Å². The van der Waals surface area contributed by atoms with Crippen LogP contribution in [-0.4, -0.2) is 53.2 Å². The molecule has 0 unspecified atom stereocenters. The Kier molecular flexibility index (Phi) is 10.8. The molecule has 0 aliphatic rings. The van der Waals surface area contributed by atoms with Gasteiger partial charge in [-0.3, -0.25) is 19.1 Å². The summed E-state index contributed by atoms with van der Waals surface area (Å²) in [4.78, 5) is 41.9. The minimum absolute atomic E-state index is 0.0866. The van der Waals surface area contributed by atoms with Crippen LogP contribution < -0.4 is 15.6 Å². The van der Waals surface area contributed by atoms with Crippen molar-refractivity contribution in [3.63, 3.8) is 0 Å². The first-order valence-electron chi connectivity index (χ1n) is 13.7. The van der Waals surface area contributed by atoms with E-state index in [-0.39, 0.29) is 30.1 Å². The summed E-state index contributed by atoms with van der Waals surface area (Å²) in [6.45, 7) is 7.06. The Bertz CT molecular complexity index is 1380. The molecule has 1 heterocycles. The van der Waals surface area contributed by atoms with Crippen LogP contribution in [0.25, 0.3) is 5.69 Å². The van der Waals surface area contributed by atoms with Crippen molar-refractivity contribution < 1.29 is 14.3 Å². The number of hydrogen-bond donors (Lipinski definition) is 1. The van der Waals surface area contributed by atoms with Crippen molar-refractivity contribution >= 4 is 29.0 Å². The van der Waals surface area contributed by atoms with Crippen LogP contribution in [0.2, 0.25) is 5.02 Å². The number of nitrogens with zero attached hydrogens (tertiary/aromatic N) is 3. The highest BCUT2D eigenvalue weighted by Crippen LogP contribution is 2.31. The van der Waals surface area contributed by atoms with Crippen LogP contribution in [0.1, 0.15) is 62.5 Å². The average molecular weight is 569 g/mol. The lowest BCUT2D eigenvalue weighted by atomic mass is 9.82. The molecule has 0 radical (unpaired) electrons. The molecule has 0 saturated carbocycles. The number of Topliss-reactive ketones (excluding diaryl/α,β-unsaturated/α-hetero) is 1. The quantitative estimate of drug-likeness (QED) is 0.251. The fourth-order valence-electron chi connectivity index (χ4n) is 4.78. The van der Waals surface area contributed by atoms with E-state index in [1.807, 2.05) is 76.9 Å². The number of ketones is 1. The van der Waals surface area contributed by atoms with E-state index in [4.69, 9.17) is 16.3 Å². The molecule has 3 aromatic rings. The van der Waals surface area contributed by atoms with Crippen LogP contribution in [-0.2, 0) is 18.3 Å². The number of carbonyl (C=O) groups excluding carboxylic acids is 2. The van der Waals surface area contributed by atoms with Gasteiger partial charge in [0.05, 0.1) is 23.6 Å². The fourth-order valence-corrected chi connectivity index (χ4v) is 4.95. The van der Waals surface area contributed by atoms with E-state index in [9.17, 15) is 14.4 Å². The van der Waals surface area contributed by atoms with E-state index in [1.54, 1.807) is 22.9 Å². The molecular weight excluding hydrogens is 528 g/mol. The van der Waals surface area contributed by atoms with Crippen molar-refractivity contribution in [3.05, 3.63) is 75.2 Å². The second-order valence-electron chi connectivity index (χ2n) is 11.1. The van der Waals surface area contributed by atoms with E-state index in [1.165, 1.54) is 0 Å². The monoisotopic (exact) mass is 568 g/mol. The number of amides is 1. The third-order valence-electron chi connectivity index (χ3n) is 6.88. The number of nitrogens with one attached hydrogen (secondary N) is 1. The molecule has 8 nitrogen and oxygen atoms in total. The minimum atomic E-state index is -0.484. The zero-order valence-corrected chi connectivity index (χ0v) is 25.2. The highest BCUT2D eigenvalue weighted by atomic mass is 35.5. The lowest BCUT2D eigenvalue weighted by Crippen LogP contribution is -2.26.